The first kappa shape index (κ1) is 28.2. The molecule has 0 radical (unpaired) electrons. The predicted molar refractivity (Wildman–Crippen MR) is 163 cm³/mol. The normalized spacial score (nSPS) is 19.3. The van der Waals surface area contributed by atoms with Crippen LogP contribution in [0.25, 0.3) is 17.2 Å². The Morgan fingerprint density at radius 3 is 2.07 bits per heavy atom. The van der Waals surface area contributed by atoms with E-state index in [0.717, 1.165) is 5.56 Å². The summed E-state index contributed by atoms with van der Waals surface area (Å²) >= 11 is 6.21. The number of hydrogen-bond donors (Lipinski definition) is 0. The van der Waals surface area contributed by atoms with E-state index in [1.54, 1.807) is 54.6 Å². The number of carbonyl (C=O) groups is 3. The van der Waals surface area contributed by atoms with Gasteiger partial charge in [-0.2, -0.15) is 0 Å². The number of rotatable bonds is 5. The molecule has 0 amide bonds. The number of halogens is 1. The number of benzene rings is 4. The summed E-state index contributed by atoms with van der Waals surface area (Å²) in [5.74, 6) is -2.26. The van der Waals surface area contributed by atoms with Gasteiger partial charge in [-0.1, -0.05) is 96.5 Å². The molecule has 1 heterocycles. The molecular weight excluding hydrogens is 566 g/mol. The number of ketones is 1. The second-order valence-corrected chi connectivity index (χ2v) is 10.4. The Hall–Kier alpha value is -4.98. The molecule has 1 aliphatic heterocycles. The van der Waals surface area contributed by atoms with Crippen molar-refractivity contribution in [3.63, 3.8) is 0 Å². The average Bonchev–Trinajstić information content (AvgIpc) is 3.06. The fourth-order valence-corrected chi connectivity index (χ4v) is 5.85. The molecule has 0 fully saturated rings. The van der Waals surface area contributed by atoms with Crippen molar-refractivity contribution in [3.8, 4) is 11.1 Å². The van der Waals surface area contributed by atoms with E-state index in [-0.39, 0.29) is 11.3 Å². The third kappa shape index (κ3) is 4.63. The SMILES string of the molecule is COC(=O)C1=C(C(=O)OC)[C@@]2(OC(/C=C/c3ccccc3)N1c1ccc(Cl)cc1)C(=O)c1ccccc1-c1ccccc12. The van der Waals surface area contributed by atoms with Crippen LogP contribution < -0.4 is 4.90 Å². The first-order chi connectivity index (χ1) is 20.9. The molecule has 0 saturated heterocycles. The molecule has 1 spiro atoms. The van der Waals surface area contributed by atoms with Crippen molar-refractivity contribution in [2.24, 2.45) is 0 Å². The van der Waals surface area contributed by atoms with Gasteiger partial charge in [0.05, 0.1) is 14.2 Å². The van der Waals surface area contributed by atoms with Gasteiger partial charge >= 0.3 is 11.9 Å². The van der Waals surface area contributed by atoms with Crippen LogP contribution in [-0.4, -0.2) is 38.2 Å². The molecule has 1 aliphatic carbocycles. The Balaban J connectivity index is 1.72. The molecule has 1 unspecified atom stereocenters. The number of carbonyl (C=O) groups excluding carboxylic acids is 3. The number of anilines is 1. The molecule has 0 bridgehead atoms. The molecule has 0 N–H and O–H groups in total. The molecule has 4 aromatic carbocycles. The van der Waals surface area contributed by atoms with Crippen molar-refractivity contribution >= 4 is 41.1 Å². The van der Waals surface area contributed by atoms with Crippen molar-refractivity contribution in [2.45, 2.75) is 11.8 Å². The second-order valence-electron chi connectivity index (χ2n) is 9.93. The standard InChI is InChI=1S/C35H26ClNO6/c1-41-33(39)30-31(34(40)42-2)37(24-19-17-23(36)18-20-24)29(21-16-22-10-4-3-5-11-22)43-35(30)28-15-9-8-13-26(28)25-12-6-7-14-27(25)32(35)38/h3-21,29H,1-2H3/b21-16+/t29?,35-/m1/s1. The van der Waals surface area contributed by atoms with Crippen LogP contribution in [0.1, 0.15) is 21.5 Å². The summed E-state index contributed by atoms with van der Waals surface area (Å²) < 4.78 is 17.4. The molecule has 2 atom stereocenters. The van der Waals surface area contributed by atoms with Gasteiger partial charge in [0.15, 0.2) is 11.8 Å². The number of fused-ring (bicyclic) bond motifs is 4. The summed E-state index contributed by atoms with van der Waals surface area (Å²) in [7, 11) is 2.41. The minimum atomic E-state index is -2.05. The van der Waals surface area contributed by atoms with Crippen molar-refractivity contribution in [1.82, 2.24) is 0 Å². The summed E-state index contributed by atoms with van der Waals surface area (Å²) in [6, 6.07) is 30.5. The Morgan fingerprint density at radius 2 is 1.40 bits per heavy atom. The summed E-state index contributed by atoms with van der Waals surface area (Å²) in [5.41, 5.74) is 0.954. The number of nitrogens with zero attached hydrogens (tertiary/aromatic N) is 1. The molecule has 7 nitrogen and oxygen atoms in total. The third-order valence-electron chi connectivity index (χ3n) is 7.60. The first-order valence-corrected chi connectivity index (χ1v) is 13.9. The maximum atomic E-state index is 14.8. The molecule has 2 aliphatic rings. The molecule has 6 rings (SSSR count). The van der Waals surface area contributed by atoms with Gasteiger partial charge in [-0.15, -0.1) is 0 Å². The lowest BCUT2D eigenvalue weighted by molar-refractivity contribution is -0.145. The van der Waals surface area contributed by atoms with E-state index in [4.69, 9.17) is 25.8 Å². The minimum Gasteiger partial charge on any atom is -0.465 e. The zero-order valence-corrected chi connectivity index (χ0v) is 24.1. The van der Waals surface area contributed by atoms with Gasteiger partial charge in [0.1, 0.15) is 11.3 Å². The van der Waals surface area contributed by atoms with Crippen LogP contribution in [0, 0.1) is 0 Å². The van der Waals surface area contributed by atoms with Gasteiger partial charge in [-0.25, -0.2) is 9.59 Å². The van der Waals surface area contributed by atoms with Crippen molar-refractivity contribution in [2.75, 3.05) is 19.1 Å². The second kappa shape index (κ2) is 11.4. The Morgan fingerprint density at radius 1 is 0.791 bits per heavy atom. The van der Waals surface area contributed by atoms with Gasteiger partial charge < -0.3 is 19.1 Å². The lowest BCUT2D eigenvalue weighted by atomic mass is 9.69. The third-order valence-corrected chi connectivity index (χ3v) is 7.85. The molecule has 0 aromatic heterocycles. The number of methoxy groups -OCH3 is 2. The van der Waals surface area contributed by atoms with Gasteiger partial charge in [0, 0.05) is 21.8 Å². The number of hydrogen-bond acceptors (Lipinski definition) is 7. The molecule has 0 saturated carbocycles. The zero-order chi connectivity index (χ0) is 30.1. The van der Waals surface area contributed by atoms with Gasteiger partial charge in [-0.3, -0.25) is 4.79 Å². The van der Waals surface area contributed by atoms with Crippen molar-refractivity contribution in [1.29, 1.82) is 0 Å². The van der Waals surface area contributed by atoms with E-state index in [1.165, 1.54) is 19.1 Å². The summed E-state index contributed by atoms with van der Waals surface area (Å²) in [6.07, 6.45) is 2.50. The zero-order valence-electron chi connectivity index (χ0n) is 23.3. The quantitative estimate of drug-likeness (QED) is 0.243. The Bertz CT molecular complexity index is 1800. The smallest absolute Gasteiger partial charge is 0.355 e. The molecule has 214 valence electrons. The first-order valence-electron chi connectivity index (χ1n) is 13.5. The van der Waals surface area contributed by atoms with E-state index in [2.05, 4.69) is 0 Å². The highest BCUT2D eigenvalue weighted by Crippen LogP contribution is 2.53. The van der Waals surface area contributed by atoms with E-state index < -0.39 is 29.6 Å². The van der Waals surface area contributed by atoms with Crippen molar-refractivity contribution in [3.05, 3.63) is 142 Å². The Kier molecular flexibility index (Phi) is 7.44. The van der Waals surface area contributed by atoms with Crippen LogP contribution >= 0.6 is 11.6 Å². The van der Waals surface area contributed by atoms with Crippen LogP contribution in [0.5, 0.6) is 0 Å². The topological polar surface area (TPSA) is 82.1 Å². The number of esters is 2. The van der Waals surface area contributed by atoms with E-state index in [1.807, 2.05) is 60.7 Å². The predicted octanol–water partition coefficient (Wildman–Crippen LogP) is 6.58. The van der Waals surface area contributed by atoms with Crippen LogP contribution in [0.15, 0.2) is 120 Å². The highest BCUT2D eigenvalue weighted by Gasteiger charge is 2.60. The molecule has 4 aromatic rings. The number of Topliss-reactive ketones (excluding diaryl/α,β-unsaturated/α-hetero) is 1. The van der Waals surface area contributed by atoms with Crippen LogP contribution in [0.2, 0.25) is 5.02 Å². The molecule has 43 heavy (non-hydrogen) atoms. The summed E-state index contributed by atoms with van der Waals surface area (Å²) in [6.45, 7) is 0. The van der Waals surface area contributed by atoms with E-state index >= 15 is 0 Å². The monoisotopic (exact) mass is 591 g/mol. The van der Waals surface area contributed by atoms with Crippen LogP contribution in [0.3, 0.4) is 0 Å². The van der Waals surface area contributed by atoms with E-state index in [0.29, 0.717) is 33.0 Å². The average molecular weight is 592 g/mol. The molecular formula is C35H26ClNO6. The molecule has 8 heteroatoms. The van der Waals surface area contributed by atoms with E-state index in [9.17, 15) is 14.4 Å². The lowest BCUT2D eigenvalue weighted by Crippen LogP contribution is -2.57. The van der Waals surface area contributed by atoms with Gasteiger partial charge in [-0.05, 0) is 47.0 Å². The Labute approximate surface area is 253 Å². The summed E-state index contributed by atoms with van der Waals surface area (Å²) in [4.78, 5) is 44.0. The highest BCUT2D eigenvalue weighted by molar-refractivity contribution is 6.30. The maximum absolute atomic E-state index is 14.8. The number of ether oxygens (including phenoxy) is 3. The van der Waals surface area contributed by atoms with Crippen LogP contribution in [0.4, 0.5) is 5.69 Å². The maximum Gasteiger partial charge on any atom is 0.355 e. The summed E-state index contributed by atoms with van der Waals surface area (Å²) in [5, 5.41) is 0.472. The fourth-order valence-electron chi connectivity index (χ4n) is 5.73. The van der Waals surface area contributed by atoms with Gasteiger partial charge in [0.25, 0.3) is 0 Å². The largest absolute Gasteiger partial charge is 0.465 e. The van der Waals surface area contributed by atoms with Crippen molar-refractivity contribution < 1.29 is 28.6 Å². The van der Waals surface area contributed by atoms with Gasteiger partial charge in [0.2, 0.25) is 5.78 Å². The fraction of sp³-hybridized carbons (Fsp3) is 0.114. The van der Waals surface area contributed by atoms with Crippen LogP contribution in [-0.2, 0) is 29.4 Å². The lowest BCUT2D eigenvalue weighted by Gasteiger charge is -2.48. The minimum absolute atomic E-state index is 0.187. The highest BCUT2D eigenvalue weighted by atomic mass is 35.5.